The summed E-state index contributed by atoms with van der Waals surface area (Å²) >= 11 is 7.62. The average molecular weight is 376 g/mol. The van der Waals surface area contributed by atoms with Gasteiger partial charge in [0, 0.05) is 28.4 Å². The fourth-order valence-electron chi connectivity index (χ4n) is 2.49. The van der Waals surface area contributed by atoms with Crippen LogP contribution in [0.3, 0.4) is 0 Å². The minimum atomic E-state index is -0.249. The highest BCUT2D eigenvalue weighted by atomic mass is 35.5. The standard InChI is InChI=1S/C18H18ClN3O2S/c1-10(2)16-15(11(3)22-24-16)17(23)21-18-20-9-13(25-18)8-12-6-4-5-7-14(12)19/h4-7,9-10H,8H2,1-3H3,(H,20,21,23). The second kappa shape index (κ2) is 7.37. The van der Waals surface area contributed by atoms with Crippen LogP contribution in [0.15, 0.2) is 35.0 Å². The van der Waals surface area contributed by atoms with E-state index in [9.17, 15) is 4.79 Å². The molecule has 0 bridgehead atoms. The molecule has 0 aliphatic carbocycles. The number of carbonyl (C=O) groups is 1. The van der Waals surface area contributed by atoms with E-state index in [2.05, 4.69) is 15.5 Å². The lowest BCUT2D eigenvalue weighted by Crippen LogP contribution is -2.14. The summed E-state index contributed by atoms with van der Waals surface area (Å²) in [6.07, 6.45) is 2.43. The Morgan fingerprint density at radius 3 is 2.84 bits per heavy atom. The maximum atomic E-state index is 12.6. The zero-order valence-electron chi connectivity index (χ0n) is 14.2. The summed E-state index contributed by atoms with van der Waals surface area (Å²) in [5.41, 5.74) is 2.09. The van der Waals surface area contributed by atoms with Crippen molar-refractivity contribution in [1.29, 1.82) is 0 Å². The number of thiazole rings is 1. The number of nitrogens with one attached hydrogen (secondary N) is 1. The van der Waals surface area contributed by atoms with Gasteiger partial charge in [0.25, 0.3) is 5.91 Å². The summed E-state index contributed by atoms with van der Waals surface area (Å²) in [4.78, 5) is 17.9. The lowest BCUT2D eigenvalue weighted by Gasteiger charge is -2.04. The molecule has 0 saturated carbocycles. The number of aromatic nitrogens is 2. The van der Waals surface area contributed by atoms with E-state index in [1.807, 2.05) is 38.1 Å². The van der Waals surface area contributed by atoms with Crippen LogP contribution in [0.4, 0.5) is 5.13 Å². The number of amides is 1. The summed E-state index contributed by atoms with van der Waals surface area (Å²) in [7, 11) is 0. The Kier molecular flexibility index (Phi) is 5.20. The van der Waals surface area contributed by atoms with Crippen molar-refractivity contribution < 1.29 is 9.32 Å². The van der Waals surface area contributed by atoms with Crippen LogP contribution in [0.25, 0.3) is 0 Å². The lowest BCUT2D eigenvalue weighted by molar-refractivity contribution is 0.102. The van der Waals surface area contributed by atoms with Crippen molar-refractivity contribution >= 4 is 34.0 Å². The van der Waals surface area contributed by atoms with Gasteiger partial charge in [0.15, 0.2) is 10.9 Å². The zero-order chi connectivity index (χ0) is 18.0. The maximum absolute atomic E-state index is 12.6. The van der Waals surface area contributed by atoms with Gasteiger partial charge >= 0.3 is 0 Å². The highest BCUT2D eigenvalue weighted by molar-refractivity contribution is 7.15. The molecular formula is C18H18ClN3O2S. The van der Waals surface area contributed by atoms with Crippen molar-refractivity contribution in [3.8, 4) is 0 Å². The van der Waals surface area contributed by atoms with Crippen LogP contribution in [-0.2, 0) is 6.42 Å². The fourth-order valence-corrected chi connectivity index (χ4v) is 3.53. The Balaban J connectivity index is 1.75. The van der Waals surface area contributed by atoms with Crippen LogP contribution in [0.5, 0.6) is 0 Å². The molecule has 0 aliphatic rings. The predicted molar refractivity (Wildman–Crippen MR) is 99.7 cm³/mol. The average Bonchev–Trinajstić information content (AvgIpc) is 3.16. The molecule has 3 rings (SSSR count). The van der Waals surface area contributed by atoms with E-state index in [4.69, 9.17) is 16.1 Å². The second-order valence-electron chi connectivity index (χ2n) is 6.02. The van der Waals surface area contributed by atoms with Gasteiger partial charge in [0.05, 0.1) is 5.69 Å². The van der Waals surface area contributed by atoms with Crippen LogP contribution in [0.1, 0.15) is 52.0 Å². The molecule has 1 amide bonds. The third-order valence-electron chi connectivity index (χ3n) is 3.74. The third-order valence-corrected chi connectivity index (χ3v) is 5.02. The highest BCUT2D eigenvalue weighted by Crippen LogP contribution is 2.27. The largest absolute Gasteiger partial charge is 0.360 e. The van der Waals surface area contributed by atoms with Gasteiger partial charge in [0.1, 0.15) is 5.56 Å². The van der Waals surface area contributed by atoms with Crippen LogP contribution in [-0.4, -0.2) is 16.0 Å². The Morgan fingerprint density at radius 2 is 2.12 bits per heavy atom. The van der Waals surface area contributed by atoms with Gasteiger partial charge in [0.2, 0.25) is 0 Å². The first kappa shape index (κ1) is 17.6. The molecule has 2 aromatic heterocycles. The SMILES string of the molecule is Cc1noc(C(C)C)c1C(=O)Nc1ncc(Cc2ccccc2Cl)s1. The molecule has 1 aromatic carbocycles. The summed E-state index contributed by atoms with van der Waals surface area (Å²) in [6, 6.07) is 7.70. The first-order valence-corrected chi connectivity index (χ1v) is 9.10. The van der Waals surface area contributed by atoms with E-state index >= 15 is 0 Å². The fraction of sp³-hybridized carbons (Fsp3) is 0.278. The topological polar surface area (TPSA) is 68.0 Å². The van der Waals surface area contributed by atoms with E-state index in [1.54, 1.807) is 13.1 Å². The number of nitrogens with zero attached hydrogens (tertiary/aromatic N) is 2. The van der Waals surface area contributed by atoms with E-state index in [1.165, 1.54) is 11.3 Å². The molecule has 7 heteroatoms. The number of rotatable bonds is 5. The van der Waals surface area contributed by atoms with Crippen molar-refractivity contribution in [1.82, 2.24) is 10.1 Å². The first-order valence-electron chi connectivity index (χ1n) is 7.91. The molecule has 2 heterocycles. The van der Waals surface area contributed by atoms with Gasteiger partial charge in [-0.05, 0) is 18.6 Å². The van der Waals surface area contributed by atoms with Gasteiger partial charge in [-0.2, -0.15) is 0 Å². The number of anilines is 1. The van der Waals surface area contributed by atoms with Crippen molar-refractivity contribution in [3.63, 3.8) is 0 Å². The first-order chi connectivity index (χ1) is 12.0. The predicted octanol–water partition coefficient (Wildman–Crippen LogP) is 5.06. The molecule has 0 spiro atoms. The minimum Gasteiger partial charge on any atom is -0.360 e. The van der Waals surface area contributed by atoms with E-state index < -0.39 is 0 Å². The Hall–Kier alpha value is -2.18. The Morgan fingerprint density at radius 1 is 1.36 bits per heavy atom. The molecule has 3 aromatic rings. The molecule has 0 aliphatic heterocycles. The Bertz CT molecular complexity index is 901. The number of aryl methyl sites for hydroxylation is 1. The van der Waals surface area contributed by atoms with Gasteiger partial charge in [-0.25, -0.2) is 4.98 Å². The molecule has 25 heavy (non-hydrogen) atoms. The van der Waals surface area contributed by atoms with Crippen molar-refractivity contribution in [2.75, 3.05) is 5.32 Å². The monoisotopic (exact) mass is 375 g/mol. The van der Waals surface area contributed by atoms with Crippen molar-refractivity contribution in [2.24, 2.45) is 0 Å². The van der Waals surface area contributed by atoms with Crippen LogP contribution in [0, 0.1) is 6.92 Å². The highest BCUT2D eigenvalue weighted by Gasteiger charge is 2.23. The summed E-state index contributed by atoms with van der Waals surface area (Å²) in [6.45, 7) is 5.68. The molecule has 0 radical (unpaired) electrons. The van der Waals surface area contributed by atoms with Crippen LogP contribution in [0.2, 0.25) is 5.02 Å². The van der Waals surface area contributed by atoms with Crippen LogP contribution < -0.4 is 5.32 Å². The van der Waals surface area contributed by atoms with Gasteiger partial charge < -0.3 is 4.52 Å². The summed E-state index contributed by atoms with van der Waals surface area (Å²) < 4.78 is 5.27. The third kappa shape index (κ3) is 3.91. The molecule has 0 atom stereocenters. The minimum absolute atomic E-state index is 0.0778. The van der Waals surface area contributed by atoms with Crippen molar-refractivity contribution in [2.45, 2.75) is 33.1 Å². The normalized spacial score (nSPS) is 11.1. The number of hydrogen-bond acceptors (Lipinski definition) is 5. The van der Waals surface area contributed by atoms with Gasteiger partial charge in [-0.1, -0.05) is 48.8 Å². The van der Waals surface area contributed by atoms with E-state index in [0.29, 0.717) is 28.6 Å². The van der Waals surface area contributed by atoms with E-state index in [-0.39, 0.29) is 11.8 Å². The number of benzene rings is 1. The second-order valence-corrected chi connectivity index (χ2v) is 7.54. The molecule has 0 fully saturated rings. The molecular weight excluding hydrogens is 358 g/mol. The summed E-state index contributed by atoms with van der Waals surface area (Å²) in [5, 5.41) is 8.01. The smallest absolute Gasteiger partial charge is 0.262 e. The number of hydrogen-bond donors (Lipinski definition) is 1. The maximum Gasteiger partial charge on any atom is 0.262 e. The summed E-state index contributed by atoms with van der Waals surface area (Å²) in [5.74, 6) is 0.415. The molecule has 0 unspecified atom stereocenters. The lowest BCUT2D eigenvalue weighted by atomic mass is 10.0. The van der Waals surface area contributed by atoms with Crippen LogP contribution >= 0.6 is 22.9 Å². The molecule has 1 N–H and O–H groups in total. The zero-order valence-corrected chi connectivity index (χ0v) is 15.7. The quantitative estimate of drug-likeness (QED) is 0.676. The molecule has 130 valence electrons. The number of carbonyl (C=O) groups excluding carboxylic acids is 1. The Labute approximate surface area is 155 Å². The molecule has 0 saturated heterocycles. The molecule has 5 nitrogen and oxygen atoms in total. The van der Waals surface area contributed by atoms with Crippen molar-refractivity contribution in [3.05, 3.63) is 62.9 Å². The van der Waals surface area contributed by atoms with Gasteiger partial charge in [-0.15, -0.1) is 11.3 Å². The van der Waals surface area contributed by atoms with E-state index in [0.717, 1.165) is 15.5 Å². The van der Waals surface area contributed by atoms with Gasteiger partial charge in [-0.3, -0.25) is 10.1 Å². The number of halogens is 1.